The molecule has 0 heterocycles. The molecule has 3 nitrogen and oxygen atoms in total. The van der Waals surface area contributed by atoms with Gasteiger partial charge in [-0.15, -0.1) is 0 Å². The van der Waals surface area contributed by atoms with Crippen LogP contribution in [0.1, 0.15) is 136 Å². The van der Waals surface area contributed by atoms with Crippen molar-refractivity contribution in [3.05, 3.63) is 0 Å². The molecule has 1 saturated carbocycles. The standard InChI is InChI=1S/C28H55NO2/c1-5-7-8-16-21-27(29(3)4)22-17-12-10-9-11-14-19-25-24-26(25)20-15-13-18-23-28(30)31-6-2/h25-27H,5-24H2,1-4H3. The molecule has 3 atom stereocenters. The molecule has 0 saturated heterocycles. The lowest BCUT2D eigenvalue weighted by atomic mass is 9.99. The Labute approximate surface area is 195 Å². The molecule has 31 heavy (non-hydrogen) atoms. The molecule has 0 amide bonds. The second-order valence-corrected chi connectivity index (χ2v) is 10.3. The highest BCUT2D eigenvalue weighted by Gasteiger charge is 2.35. The first-order valence-corrected chi connectivity index (χ1v) is 13.9. The SMILES string of the molecule is CCCCCCC(CCCCCCCCC1CC1CCCCCC(=O)OCC)N(C)C. The molecule has 0 bridgehead atoms. The van der Waals surface area contributed by atoms with Crippen LogP contribution in [0.25, 0.3) is 0 Å². The van der Waals surface area contributed by atoms with Gasteiger partial charge in [-0.2, -0.15) is 0 Å². The van der Waals surface area contributed by atoms with Crippen molar-refractivity contribution in [1.29, 1.82) is 0 Å². The zero-order valence-electron chi connectivity index (χ0n) is 21.6. The van der Waals surface area contributed by atoms with Crippen molar-refractivity contribution < 1.29 is 9.53 Å². The lowest BCUT2D eigenvalue weighted by Crippen LogP contribution is -2.27. The van der Waals surface area contributed by atoms with Crippen molar-refractivity contribution in [2.24, 2.45) is 11.8 Å². The van der Waals surface area contributed by atoms with Crippen LogP contribution in [-0.4, -0.2) is 37.6 Å². The molecule has 1 rings (SSSR count). The molecule has 1 aliphatic rings. The number of ether oxygens (including phenoxy) is 1. The number of rotatable bonds is 22. The van der Waals surface area contributed by atoms with Crippen LogP contribution in [0, 0.1) is 11.8 Å². The molecule has 3 unspecified atom stereocenters. The largest absolute Gasteiger partial charge is 0.466 e. The van der Waals surface area contributed by atoms with E-state index in [0.717, 1.165) is 24.3 Å². The van der Waals surface area contributed by atoms with E-state index in [1.165, 1.54) is 109 Å². The third-order valence-electron chi connectivity index (χ3n) is 7.31. The lowest BCUT2D eigenvalue weighted by Gasteiger charge is -2.24. The Morgan fingerprint density at radius 1 is 0.774 bits per heavy atom. The Morgan fingerprint density at radius 2 is 1.29 bits per heavy atom. The fourth-order valence-electron chi connectivity index (χ4n) is 5.06. The van der Waals surface area contributed by atoms with Crippen molar-refractivity contribution in [3.8, 4) is 0 Å². The first kappa shape index (κ1) is 28.5. The number of carbonyl (C=O) groups excluding carboxylic acids is 1. The van der Waals surface area contributed by atoms with Gasteiger partial charge in [0.25, 0.3) is 0 Å². The summed E-state index contributed by atoms with van der Waals surface area (Å²) in [6, 6.07) is 0.800. The van der Waals surface area contributed by atoms with Crippen LogP contribution in [0.5, 0.6) is 0 Å². The maximum absolute atomic E-state index is 11.3. The van der Waals surface area contributed by atoms with Gasteiger partial charge < -0.3 is 9.64 Å². The molecule has 0 spiro atoms. The van der Waals surface area contributed by atoms with Gasteiger partial charge >= 0.3 is 5.97 Å². The fraction of sp³-hybridized carbons (Fsp3) is 0.964. The molecule has 0 aromatic heterocycles. The first-order chi connectivity index (χ1) is 15.1. The Kier molecular flexibility index (Phi) is 17.4. The van der Waals surface area contributed by atoms with Crippen LogP contribution in [0.2, 0.25) is 0 Å². The minimum atomic E-state index is -0.0216. The molecule has 0 aromatic rings. The molecular weight excluding hydrogens is 382 g/mol. The van der Waals surface area contributed by atoms with E-state index in [1.807, 2.05) is 6.92 Å². The van der Waals surface area contributed by atoms with Gasteiger partial charge in [0.1, 0.15) is 0 Å². The molecule has 0 radical (unpaired) electrons. The van der Waals surface area contributed by atoms with Crippen LogP contribution in [-0.2, 0) is 9.53 Å². The summed E-state index contributed by atoms with van der Waals surface area (Å²) in [6.45, 7) is 4.69. The lowest BCUT2D eigenvalue weighted by molar-refractivity contribution is -0.143. The first-order valence-electron chi connectivity index (χ1n) is 13.9. The van der Waals surface area contributed by atoms with Crippen LogP contribution >= 0.6 is 0 Å². The van der Waals surface area contributed by atoms with Crippen LogP contribution in [0.3, 0.4) is 0 Å². The monoisotopic (exact) mass is 437 g/mol. The minimum absolute atomic E-state index is 0.0216. The van der Waals surface area contributed by atoms with Crippen molar-refractivity contribution >= 4 is 5.97 Å². The summed E-state index contributed by atoms with van der Waals surface area (Å²) < 4.78 is 4.99. The van der Waals surface area contributed by atoms with Gasteiger partial charge in [0.05, 0.1) is 6.61 Å². The molecule has 0 aromatic carbocycles. The maximum Gasteiger partial charge on any atom is 0.305 e. The van der Waals surface area contributed by atoms with Crippen molar-refractivity contribution in [1.82, 2.24) is 4.90 Å². The summed E-state index contributed by atoms with van der Waals surface area (Å²) in [7, 11) is 4.53. The van der Waals surface area contributed by atoms with Crippen molar-refractivity contribution in [3.63, 3.8) is 0 Å². The average molecular weight is 438 g/mol. The van der Waals surface area contributed by atoms with E-state index in [9.17, 15) is 4.79 Å². The van der Waals surface area contributed by atoms with Gasteiger partial charge in [-0.25, -0.2) is 0 Å². The second-order valence-electron chi connectivity index (χ2n) is 10.3. The summed E-state index contributed by atoms with van der Waals surface area (Å²) in [5, 5.41) is 0. The van der Waals surface area contributed by atoms with Gasteiger partial charge in [0.2, 0.25) is 0 Å². The van der Waals surface area contributed by atoms with E-state index in [4.69, 9.17) is 4.74 Å². The molecule has 0 N–H and O–H groups in total. The molecular formula is C28H55NO2. The van der Waals surface area contributed by atoms with Crippen LogP contribution < -0.4 is 0 Å². The van der Waals surface area contributed by atoms with E-state index in [1.54, 1.807) is 0 Å². The summed E-state index contributed by atoms with van der Waals surface area (Å²) in [6.07, 6.45) is 25.4. The highest BCUT2D eigenvalue weighted by molar-refractivity contribution is 5.69. The topological polar surface area (TPSA) is 29.5 Å². The van der Waals surface area contributed by atoms with Gasteiger partial charge in [0, 0.05) is 12.5 Å². The third-order valence-corrected chi connectivity index (χ3v) is 7.31. The highest BCUT2D eigenvalue weighted by atomic mass is 16.5. The Bertz CT molecular complexity index is 423. The fourth-order valence-corrected chi connectivity index (χ4v) is 5.06. The Hall–Kier alpha value is -0.570. The molecule has 1 aliphatic carbocycles. The van der Waals surface area contributed by atoms with Gasteiger partial charge in [-0.05, 0) is 58.5 Å². The average Bonchev–Trinajstić information content (AvgIpc) is 3.49. The van der Waals surface area contributed by atoms with Gasteiger partial charge in [0.15, 0.2) is 0 Å². The summed E-state index contributed by atoms with van der Waals surface area (Å²) in [4.78, 5) is 13.8. The van der Waals surface area contributed by atoms with Gasteiger partial charge in [-0.1, -0.05) is 96.8 Å². The predicted molar refractivity (Wildman–Crippen MR) is 134 cm³/mol. The highest BCUT2D eigenvalue weighted by Crippen LogP contribution is 2.45. The smallest absolute Gasteiger partial charge is 0.305 e. The number of hydrogen-bond donors (Lipinski definition) is 0. The van der Waals surface area contributed by atoms with E-state index in [0.29, 0.717) is 13.0 Å². The number of unbranched alkanes of at least 4 members (excludes halogenated alkanes) is 10. The number of carbonyl (C=O) groups is 1. The predicted octanol–water partition coefficient (Wildman–Crippen LogP) is 8.16. The van der Waals surface area contributed by atoms with E-state index in [-0.39, 0.29) is 5.97 Å². The Balaban J connectivity index is 1.87. The van der Waals surface area contributed by atoms with Crippen LogP contribution in [0.15, 0.2) is 0 Å². The number of hydrogen-bond acceptors (Lipinski definition) is 3. The normalized spacial score (nSPS) is 19.0. The van der Waals surface area contributed by atoms with Crippen molar-refractivity contribution in [2.75, 3.05) is 20.7 Å². The summed E-state index contributed by atoms with van der Waals surface area (Å²) >= 11 is 0. The van der Waals surface area contributed by atoms with E-state index < -0.39 is 0 Å². The molecule has 184 valence electrons. The summed E-state index contributed by atoms with van der Waals surface area (Å²) in [5.41, 5.74) is 0. The summed E-state index contributed by atoms with van der Waals surface area (Å²) in [5.74, 6) is 2.01. The van der Waals surface area contributed by atoms with Crippen molar-refractivity contribution in [2.45, 2.75) is 142 Å². The number of nitrogens with zero attached hydrogens (tertiary/aromatic N) is 1. The second kappa shape index (κ2) is 18.9. The molecule has 1 fully saturated rings. The molecule has 0 aliphatic heterocycles. The third kappa shape index (κ3) is 15.8. The van der Waals surface area contributed by atoms with Crippen LogP contribution in [0.4, 0.5) is 0 Å². The maximum atomic E-state index is 11.3. The zero-order valence-corrected chi connectivity index (χ0v) is 21.6. The van der Waals surface area contributed by atoms with Gasteiger partial charge in [-0.3, -0.25) is 4.79 Å². The van der Waals surface area contributed by atoms with E-state index >= 15 is 0 Å². The quantitative estimate of drug-likeness (QED) is 0.126. The van der Waals surface area contributed by atoms with E-state index in [2.05, 4.69) is 25.9 Å². The molecule has 3 heteroatoms. The Morgan fingerprint density at radius 3 is 1.84 bits per heavy atom. The zero-order chi connectivity index (χ0) is 22.7. The minimum Gasteiger partial charge on any atom is -0.466 e. The number of esters is 1.